The maximum atomic E-state index is 13.4. The fraction of sp³-hybridized carbons (Fsp3) is 0.355. The molecule has 0 N–H and O–H groups in total. The number of rotatable bonds is 5. The summed E-state index contributed by atoms with van der Waals surface area (Å²) in [6.45, 7) is 4.40. The molecule has 214 valence electrons. The molecule has 0 radical (unpaired) electrons. The van der Waals surface area contributed by atoms with Crippen LogP contribution in [0.5, 0.6) is 0 Å². The standard InChI is InChI=1S/C31H31BrF3N5O/c32-24-6-4-8-26(20-24)40-28-10-2-1-9-27(28)36-29(40)21-37-13-11-22(12-14-37)30(41)39-17-15-38(16-18-39)25-7-3-5-23(19-25)31(33,34)35/h1-10,19-20,22H,11-18,21H2. The summed E-state index contributed by atoms with van der Waals surface area (Å²) in [5.74, 6) is 1.10. The summed E-state index contributed by atoms with van der Waals surface area (Å²) < 4.78 is 42.6. The molecule has 1 amide bonds. The van der Waals surface area contributed by atoms with Gasteiger partial charge in [0.05, 0.1) is 23.1 Å². The van der Waals surface area contributed by atoms with E-state index >= 15 is 0 Å². The maximum Gasteiger partial charge on any atom is 0.416 e. The van der Waals surface area contributed by atoms with Gasteiger partial charge in [-0.05, 0) is 74.5 Å². The summed E-state index contributed by atoms with van der Waals surface area (Å²) in [4.78, 5) is 24.5. The molecule has 6 nitrogen and oxygen atoms in total. The van der Waals surface area contributed by atoms with Crippen LogP contribution in [0.25, 0.3) is 16.7 Å². The van der Waals surface area contributed by atoms with Gasteiger partial charge < -0.3 is 9.80 Å². The molecule has 2 aliphatic rings. The van der Waals surface area contributed by atoms with E-state index in [1.807, 2.05) is 40.1 Å². The monoisotopic (exact) mass is 625 g/mol. The highest BCUT2D eigenvalue weighted by Crippen LogP contribution is 2.32. The van der Waals surface area contributed by atoms with E-state index in [-0.39, 0.29) is 11.8 Å². The molecule has 6 rings (SSSR count). The number of hydrogen-bond acceptors (Lipinski definition) is 4. The molecule has 0 spiro atoms. The molecule has 0 saturated carbocycles. The smallest absolute Gasteiger partial charge is 0.368 e. The third-order valence-electron chi connectivity index (χ3n) is 8.13. The van der Waals surface area contributed by atoms with E-state index in [2.05, 4.69) is 43.6 Å². The molecule has 0 atom stereocenters. The number of halogens is 4. The van der Waals surface area contributed by atoms with E-state index in [0.717, 1.165) is 59.0 Å². The normalized spacial score (nSPS) is 17.4. The van der Waals surface area contributed by atoms with E-state index < -0.39 is 11.7 Å². The van der Waals surface area contributed by atoms with Crippen LogP contribution in [0.1, 0.15) is 24.2 Å². The Morgan fingerprint density at radius 2 is 1.56 bits per heavy atom. The van der Waals surface area contributed by atoms with E-state index in [9.17, 15) is 18.0 Å². The fourth-order valence-corrected chi connectivity index (χ4v) is 6.33. The van der Waals surface area contributed by atoms with Crippen molar-refractivity contribution in [1.29, 1.82) is 0 Å². The minimum absolute atomic E-state index is 0.0322. The first-order valence-electron chi connectivity index (χ1n) is 13.9. The van der Waals surface area contributed by atoms with E-state index in [1.54, 1.807) is 6.07 Å². The summed E-state index contributed by atoms with van der Waals surface area (Å²) in [5.41, 5.74) is 2.98. The van der Waals surface area contributed by atoms with Crippen molar-refractivity contribution in [2.24, 2.45) is 5.92 Å². The SMILES string of the molecule is O=C(C1CCN(Cc2nc3ccccc3n2-c2cccc(Br)c2)CC1)N1CCN(c2cccc(C(F)(F)F)c2)CC1. The van der Waals surface area contributed by atoms with Crippen molar-refractivity contribution in [2.45, 2.75) is 25.6 Å². The summed E-state index contributed by atoms with van der Waals surface area (Å²) in [6, 6.07) is 21.8. The van der Waals surface area contributed by atoms with Crippen molar-refractivity contribution >= 4 is 38.6 Å². The molecule has 2 fully saturated rings. The van der Waals surface area contributed by atoms with Gasteiger partial charge in [-0.25, -0.2) is 4.98 Å². The van der Waals surface area contributed by atoms with Gasteiger partial charge in [0.1, 0.15) is 5.82 Å². The van der Waals surface area contributed by atoms with Gasteiger partial charge in [0.15, 0.2) is 0 Å². The number of piperidine rings is 1. The highest BCUT2D eigenvalue weighted by Gasteiger charge is 2.33. The van der Waals surface area contributed by atoms with Crippen LogP contribution in [0.15, 0.2) is 77.3 Å². The number of alkyl halides is 3. The fourth-order valence-electron chi connectivity index (χ4n) is 5.95. The minimum Gasteiger partial charge on any atom is -0.368 e. The molecule has 1 aromatic heterocycles. The molecule has 0 aliphatic carbocycles. The molecule has 2 saturated heterocycles. The number of piperazine rings is 1. The second-order valence-corrected chi connectivity index (χ2v) is 11.7. The van der Waals surface area contributed by atoms with Gasteiger partial charge >= 0.3 is 6.18 Å². The molecule has 41 heavy (non-hydrogen) atoms. The third kappa shape index (κ3) is 5.99. The number of imidazole rings is 1. The van der Waals surface area contributed by atoms with Crippen LogP contribution >= 0.6 is 15.9 Å². The zero-order chi connectivity index (χ0) is 28.6. The van der Waals surface area contributed by atoms with E-state index in [1.165, 1.54) is 12.1 Å². The molecule has 0 bridgehead atoms. The summed E-state index contributed by atoms with van der Waals surface area (Å²) in [7, 11) is 0. The average molecular weight is 627 g/mol. The molecular weight excluding hydrogens is 595 g/mol. The van der Waals surface area contributed by atoms with Crippen LogP contribution in [0.2, 0.25) is 0 Å². The average Bonchev–Trinajstić information content (AvgIpc) is 3.35. The van der Waals surface area contributed by atoms with Crippen LogP contribution < -0.4 is 4.90 Å². The maximum absolute atomic E-state index is 13.4. The zero-order valence-electron chi connectivity index (χ0n) is 22.5. The van der Waals surface area contributed by atoms with Crippen molar-refractivity contribution in [3.05, 3.63) is 88.7 Å². The lowest BCUT2D eigenvalue weighted by molar-refractivity contribution is -0.138. The van der Waals surface area contributed by atoms with Crippen LogP contribution in [0, 0.1) is 5.92 Å². The van der Waals surface area contributed by atoms with Gasteiger partial charge in [-0.3, -0.25) is 14.3 Å². The first-order chi connectivity index (χ1) is 19.8. The largest absolute Gasteiger partial charge is 0.416 e. The van der Waals surface area contributed by atoms with Crippen LogP contribution in [0.3, 0.4) is 0 Å². The molecule has 10 heteroatoms. The number of benzene rings is 3. The number of carbonyl (C=O) groups is 1. The predicted molar refractivity (Wildman–Crippen MR) is 157 cm³/mol. The lowest BCUT2D eigenvalue weighted by atomic mass is 9.95. The molecular formula is C31H31BrF3N5O. The van der Waals surface area contributed by atoms with Crippen LogP contribution in [0.4, 0.5) is 18.9 Å². The summed E-state index contributed by atoms with van der Waals surface area (Å²) >= 11 is 3.59. The van der Waals surface area contributed by atoms with E-state index in [0.29, 0.717) is 38.4 Å². The highest BCUT2D eigenvalue weighted by atomic mass is 79.9. The van der Waals surface area contributed by atoms with Gasteiger partial charge in [0.25, 0.3) is 0 Å². The lowest BCUT2D eigenvalue weighted by Crippen LogP contribution is -2.51. The first kappa shape index (κ1) is 27.8. The number of amides is 1. The number of aromatic nitrogens is 2. The van der Waals surface area contributed by atoms with E-state index in [4.69, 9.17) is 4.98 Å². The third-order valence-corrected chi connectivity index (χ3v) is 8.62. The van der Waals surface area contributed by atoms with Crippen molar-refractivity contribution in [2.75, 3.05) is 44.2 Å². The first-order valence-corrected chi connectivity index (χ1v) is 14.7. The number of fused-ring (bicyclic) bond motifs is 1. The quantitative estimate of drug-likeness (QED) is 0.259. The number of anilines is 1. The van der Waals surface area contributed by atoms with Crippen molar-refractivity contribution in [3.8, 4) is 5.69 Å². The molecule has 3 aromatic carbocycles. The van der Waals surface area contributed by atoms with Crippen molar-refractivity contribution < 1.29 is 18.0 Å². The highest BCUT2D eigenvalue weighted by molar-refractivity contribution is 9.10. The molecule has 2 aliphatic heterocycles. The van der Waals surface area contributed by atoms with Gasteiger partial charge in [-0.1, -0.05) is 40.2 Å². The number of likely N-dealkylation sites (tertiary alicyclic amines) is 1. The zero-order valence-corrected chi connectivity index (χ0v) is 24.1. The van der Waals surface area contributed by atoms with Gasteiger partial charge in [-0.2, -0.15) is 13.2 Å². The molecule has 3 heterocycles. The summed E-state index contributed by atoms with van der Waals surface area (Å²) in [6.07, 6.45) is -2.80. The Morgan fingerprint density at radius 1 is 0.854 bits per heavy atom. The van der Waals surface area contributed by atoms with Crippen molar-refractivity contribution in [1.82, 2.24) is 19.4 Å². The topological polar surface area (TPSA) is 44.6 Å². The Morgan fingerprint density at radius 3 is 2.29 bits per heavy atom. The van der Waals surface area contributed by atoms with Crippen LogP contribution in [-0.2, 0) is 17.5 Å². The Hall–Kier alpha value is -3.37. The number of hydrogen-bond donors (Lipinski definition) is 0. The second kappa shape index (κ2) is 11.5. The van der Waals surface area contributed by atoms with Crippen molar-refractivity contribution in [3.63, 3.8) is 0 Å². The predicted octanol–water partition coefficient (Wildman–Crippen LogP) is 6.37. The lowest BCUT2D eigenvalue weighted by Gasteiger charge is -2.39. The van der Waals surface area contributed by atoms with Gasteiger partial charge in [0.2, 0.25) is 5.91 Å². The number of carbonyl (C=O) groups excluding carboxylic acids is 1. The van der Waals surface area contributed by atoms with Crippen LogP contribution in [-0.4, -0.2) is 64.5 Å². The Bertz CT molecular complexity index is 1540. The Balaban J connectivity index is 1.07. The van der Waals surface area contributed by atoms with Gasteiger partial charge in [0, 0.05) is 47.9 Å². The minimum atomic E-state index is -4.37. The number of nitrogens with zero attached hydrogens (tertiary/aromatic N) is 5. The second-order valence-electron chi connectivity index (χ2n) is 10.7. The molecule has 0 unspecified atom stereocenters. The Labute approximate surface area is 245 Å². The number of para-hydroxylation sites is 2. The van der Waals surface area contributed by atoms with Gasteiger partial charge in [-0.15, -0.1) is 0 Å². The summed E-state index contributed by atoms with van der Waals surface area (Å²) in [5, 5.41) is 0. The Kier molecular flexibility index (Phi) is 7.78. The molecule has 4 aromatic rings.